The van der Waals surface area contributed by atoms with Crippen molar-refractivity contribution in [1.29, 1.82) is 0 Å². The second-order valence-corrected chi connectivity index (χ2v) is 5.27. The summed E-state index contributed by atoms with van der Waals surface area (Å²) in [5.41, 5.74) is 0.685. The van der Waals surface area contributed by atoms with Crippen molar-refractivity contribution in [1.82, 2.24) is 9.80 Å². The third kappa shape index (κ3) is 3.27. The maximum atomic E-state index is 12.2. The summed E-state index contributed by atoms with van der Waals surface area (Å²) in [6.45, 7) is 4.09. The third-order valence-corrected chi connectivity index (χ3v) is 3.82. The van der Waals surface area contributed by atoms with Crippen molar-refractivity contribution in [3.05, 3.63) is 29.8 Å². The van der Waals surface area contributed by atoms with Crippen molar-refractivity contribution in [2.75, 3.05) is 33.2 Å². The van der Waals surface area contributed by atoms with Gasteiger partial charge in [0.25, 0.3) is 5.91 Å². The van der Waals surface area contributed by atoms with E-state index in [9.17, 15) is 4.79 Å². The Labute approximate surface area is 114 Å². The van der Waals surface area contributed by atoms with Crippen molar-refractivity contribution in [2.45, 2.75) is 17.7 Å². The molecule has 4 heteroatoms. The van der Waals surface area contributed by atoms with Gasteiger partial charge in [-0.1, -0.05) is 12.1 Å². The average molecular weight is 264 g/mol. The summed E-state index contributed by atoms with van der Waals surface area (Å²) in [7, 11) is 1.86. The summed E-state index contributed by atoms with van der Waals surface area (Å²) in [5.74, 6) is 0.0554. The van der Waals surface area contributed by atoms with Gasteiger partial charge in [0.1, 0.15) is 0 Å². The molecule has 0 atom stereocenters. The van der Waals surface area contributed by atoms with E-state index in [1.165, 1.54) is 25.9 Å². The van der Waals surface area contributed by atoms with Crippen LogP contribution in [0.2, 0.25) is 0 Å². The van der Waals surface area contributed by atoms with Crippen molar-refractivity contribution in [2.24, 2.45) is 0 Å². The van der Waals surface area contributed by atoms with Crippen LogP contribution in [0, 0.1) is 0 Å². The number of rotatable bonds is 4. The van der Waals surface area contributed by atoms with E-state index in [1.807, 2.05) is 31.3 Å². The second-order valence-electron chi connectivity index (χ2n) is 4.79. The molecule has 1 saturated heterocycles. The van der Waals surface area contributed by atoms with Gasteiger partial charge in [-0.05, 0) is 38.1 Å². The molecule has 1 aromatic rings. The van der Waals surface area contributed by atoms with Crippen LogP contribution < -0.4 is 0 Å². The predicted octanol–water partition coefficient (Wildman–Crippen LogP) is 2.14. The molecule has 18 heavy (non-hydrogen) atoms. The van der Waals surface area contributed by atoms with Crippen molar-refractivity contribution in [3.8, 4) is 0 Å². The molecule has 0 bridgehead atoms. The zero-order chi connectivity index (χ0) is 13.0. The van der Waals surface area contributed by atoms with Crippen molar-refractivity contribution in [3.63, 3.8) is 0 Å². The molecule has 1 aromatic carbocycles. The van der Waals surface area contributed by atoms with Crippen LogP contribution in [0.1, 0.15) is 23.2 Å². The number of likely N-dealkylation sites (N-methyl/N-ethyl adjacent to an activating group) is 1. The number of hydrogen-bond acceptors (Lipinski definition) is 3. The summed E-state index contributed by atoms with van der Waals surface area (Å²) < 4.78 is 0. The van der Waals surface area contributed by atoms with Crippen LogP contribution in [0.25, 0.3) is 0 Å². The molecule has 1 aliphatic heterocycles. The number of likely N-dealkylation sites (tertiary alicyclic amines) is 1. The van der Waals surface area contributed by atoms with Crippen LogP contribution >= 0.6 is 12.6 Å². The van der Waals surface area contributed by atoms with Crippen LogP contribution in [0.5, 0.6) is 0 Å². The Bertz CT molecular complexity index is 416. The number of carbonyl (C=O) groups is 1. The molecule has 0 N–H and O–H groups in total. The van der Waals surface area contributed by atoms with E-state index in [4.69, 9.17) is 0 Å². The molecular weight excluding hydrogens is 244 g/mol. The van der Waals surface area contributed by atoms with E-state index in [2.05, 4.69) is 17.5 Å². The maximum absolute atomic E-state index is 12.2. The molecule has 0 spiro atoms. The Morgan fingerprint density at radius 3 is 2.67 bits per heavy atom. The molecule has 0 saturated carbocycles. The molecule has 0 unspecified atom stereocenters. The van der Waals surface area contributed by atoms with E-state index in [-0.39, 0.29) is 5.91 Å². The van der Waals surface area contributed by atoms with Gasteiger partial charge in [0.15, 0.2) is 0 Å². The lowest BCUT2D eigenvalue weighted by Crippen LogP contribution is -2.35. The quantitative estimate of drug-likeness (QED) is 0.842. The number of thiol groups is 1. The van der Waals surface area contributed by atoms with Gasteiger partial charge < -0.3 is 9.80 Å². The monoisotopic (exact) mass is 264 g/mol. The number of carbonyl (C=O) groups excluding carboxylic acids is 1. The molecule has 0 aliphatic carbocycles. The number of amides is 1. The van der Waals surface area contributed by atoms with E-state index in [0.717, 1.165) is 18.0 Å². The Kier molecular flexibility index (Phi) is 4.66. The fourth-order valence-corrected chi connectivity index (χ4v) is 2.52. The van der Waals surface area contributed by atoms with Gasteiger partial charge in [0, 0.05) is 25.0 Å². The highest BCUT2D eigenvalue weighted by atomic mass is 32.1. The SMILES string of the molecule is CN(CCN1CCCC1)C(=O)c1ccccc1S. The standard InChI is InChI=1S/C14H20N2OS/c1-15(10-11-16-8-4-5-9-16)14(17)12-6-2-3-7-13(12)18/h2-3,6-7,18H,4-5,8-11H2,1H3. The normalized spacial score (nSPS) is 15.9. The fourth-order valence-electron chi connectivity index (χ4n) is 2.26. The van der Waals surface area contributed by atoms with Crippen LogP contribution in [0.15, 0.2) is 29.2 Å². The van der Waals surface area contributed by atoms with E-state index in [1.54, 1.807) is 4.90 Å². The van der Waals surface area contributed by atoms with Crippen molar-refractivity contribution >= 4 is 18.5 Å². The summed E-state index contributed by atoms with van der Waals surface area (Å²) in [6, 6.07) is 7.45. The smallest absolute Gasteiger partial charge is 0.254 e. The summed E-state index contributed by atoms with van der Waals surface area (Å²) in [4.78, 5) is 17.2. The van der Waals surface area contributed by atoms with Gasteiger partial charge in [-0.25, -0.2) is 0 Å². The summed E-state index contributed by atoms with van der Waals surface area (Å²) in [6.07, 6.45) is 2.58. The second kappa shape index (κ2) is 6.25. The molecule has 1 fully saturated rings. The number of hydrogen-bond donors (Lipinski definition) is 1. The third-order valence-electron chi connectivity index (χ3n) is 3.43. The molecule has 1 heterocycles. The first-order valence-electron chi connectivity index (χ1n) is 6.44. The fraction of sp³-hybridized carbons (Fsp3) is 0.500. The lowest BCUT2D eigenvalue weighted by atomic mass is 10.2. The lowest BCUT2D eigenvalue weighted by Gasteiger charge is -2.22. The van der Waals surface area contributed by atoms with Gasteiger partial charge in [-0.3, -0.25) is 4.79 Å². The minimum Gasteiger partial charge on any atom is -0.340 e. The Morgan fingerprint density at radius 2 is 2.00 bits per heavy atom. The van der Waals surface area contributed by atoms with Crippen molar-refractivity contribution < 1.29 is 4.79 Å². The first kappa shape index (κ1) is 13.4. The van der Waals surface area contributed by atoms with Gasteiger partial charge >= 0.3 is 0 Å². The van der Waals surface area contributed by atoms with Gasteiger partial charge in [-0.2, -0.15) is 0 Å². The van der Waals surface area contributed by atoms with Gasteiger partial charge in [0.2, 0.25) is 0 Å². The first-order chi connectivity index (χ1) is 8.68. The Morgan fingerprint density at radius 1 is 1.33 bits per heavy atom. The number of nitrogens with zero attached hydrogens (tertiary/aromatic N) is 2. The van der Waals surface area contributed by atoms with E-state index in [0.29, 0.717) is 5.56 Å². The minimum absolute atomic E-state index is 0.0554. The average Bonchev–Trinajstić information content (AvgIpc) is 2.89. The zero-order valence-corrected chi connectivity index (χ0v) is 11.7. The molecule has 0 radical (unpaired) electrons. The molecule has 1 amide bonds. The summed E-state index contributed by atoms with van der Waals surface area (Å²) in [5, 5.41) is 0. The molecule has 98 valence electrons. The highest BCUT2D eigenvalue weighted by Gasteiger charge is 2.16. The highest BCUT2D eigenvalue weighted by molar-refractivity contribution is 7.80. The molecular formula is C14H20N2OS. The lowest BCUT2D eigenvalue weighted by molar-refractivity contribution is 0.0779. The first-order valence-corrected chi connectivity index (χ1v) is 6.89. The predicted molar refractivity (Wildman–Crippen MR) is 76.3 cm³/mol. The maximum Gasteiger partial charge on any atom is 0.254 e. The Hall–Kier alpha value is -1.00. The largest absolute Gasteiger partial charge is 0.340 e. The van der Waals surface area contributed by atoms with Gasteiger partial charge in [-0.15, -0.1) is 12.6 Å². The van der Waals surface area contributed by atoms with Gasteiger partial charge in [0.05, 0.1) is 5.56 Å². The van der Waals surface area contributed by atoms with Crippen LogP contribution in [0.3, 0.4) is 0 Å². The van der Waals surface area contributed by atoms with Crippen LogP contribution in [-0.2, 0) is 0 Å². The topological polar surface area (TPSA) is 23.6 Å². The molecule has 0 aromatic heterocycles. The number of benzene rings is 1. The molecule has 3 nitrogen and oxygen atoms in total. The van der Waals surface area contributed by atoms with Crippen LogP contribution in [-0.4, -0.2) is 48.9 Å². The van der Waals surface area contributed by atoms with E-state index < -0.39 is 0 Å². The Balaban J connectivity index is 1.90. The van der Waals surface area contributed by atoms with E-state index >= 15 is 0 Å². The zero-order valence-electron chi connectivity index (χ0n) is 10.8. The molecule has 1 aliphatic rings. The highest BCUT2D eigenvalue weighted by Crippen LogP contribution is 2.15. The van der Waals surface area contributed by atoms with Crippen LogP contribution in [0.4, 0.5) is 0 Å². The summed E-state index contributed by atoms with van der Waals surface area (Å²) >= 11 is 4.33. The molecule has 2 rings (SSSR count). The minimum atomic E-state index is 0.0554.